The zero-order chi connectivity index (χ0) is 8.72. The molecule has 3 aliphatic rings. The van der Waals surface area contributed by atoms with E-state index in [0.717, 1.165) is 6.54 Å². The lowest BCUT2D eigenvalue weighted by Crippen LogP contribution is -2.65. The monoisotopic (exact) mass is 170 g/mol. The molecule has 3 fully saturated rings. The quantitative estimate of drug-likeness (QED) is 0.525. The first-order chi connectivity index (χ1) is 5.68. The van der Waals surface area contributed by atoms with E-state index in [2.05, 4.69) is 0 Å². The van der Waals surface area contributed by atoms with Gasteiger partial charge in [-0.15, -0.1) is 0 Å². The maximum absolute atomic E-state index is 11.2. The van der Waals surface area contributed by atoms with Gasteiger partial charge < -0.3 is 10.0 Å². The van der Waals surface area contributed by atoms with Gasteiger partial charge >= 0.3 is 5.97 Å². The van der Waals surface area contributed by atoms with Gasteiger partial charge in [0.25, 0.3) is 0 Å². The van der Waals surface area contributed by atoms with Crippen molar-refractivity contribution < 1.29 is 14.7 Å². The highest BCUT2D eigenvalue weighted by atomic mass is 16.4. The minimum atomic E-state index is -0.896. The molecule has 0 aromatic carbocycles. The Morgan fingerprint density at radius 1 is 1.50 bits per heavy atom. The largest absolute Gasteiger partial charge is 0.480 e. The van der Waals surface area contributed by atoms with E-state index in [4.69, 9.17) is 5.11 Å². The standard InChI is InChI=1S/C7H10N2O3/c10-6-4-8-1-2-9(6)5(3-8)7(11)12/h5H,1-4H2,(H,11,12). The molecular weight excluding hydrogens is 160 g/mol. The van der Waals surface area contributed by atoms with Crippen LogP contribution in [-0.2, 0) is 9.59 Å². The molecule has 5 nitrogen and oxygen atoms in total. The number of hydrogen-bond donors (Lipinski definition) is 1. The molecule has 0 aromatic rings. The van der Waals surface area contributed by atoms with Gasteiger partial charge in [0.15, 0.2) is 0 Å². The van der Waals surface area contributed by atoms with Gasteiger partial charge in [-0.2, -0.15) is 0 Å². The molecule has 2 atom stereocenters. The second kappa shape index (κ2) is 2.45. The average molecular weight is 170 g/mol. The third-order valence-corrected chi connectivity index (χ3v) is 2.43. The van der Waals surface area contributed by atoms with Gasteiger partial charge in [-0.3, -0.25) is 9.69 Å². The molecule has 0 saturated carbocycles. The number of aliphatic carboxylic acids is 1. The van der Waals surface area contributed by atoms with Crippen molar-refractivity contribution in [3.63, 3.8) is 0 Å². The van der Waals surface area contributed by atoms with Gasteiger partial charge in [0.2, 0.25) is 5.91 Å². The third kappa shape index (κ3) is 0.972. The summed E-state index contributed by atoms with van der Waals surface area (Å²) in [6, 6.07) is -0.611. The summed E-state index contributed by atoms with van der Waals surface area (Å²) in [7, 11) is 0. The molecule has 2 unspecified atom stereocenters. The van der Waals surface area contributed by atoms with Crippen LogP contribution in [0.1, 0.15) is 0 Å². The molecule has 3 aliphatic heterocycles. The first kappa shape index (κ1) is 7.54. The minimum Gasteiger partial charge on any atom is -0.480 e. The Kier molecular flexibility index (Phi) is 1.54. The number of carboxylic acids is 1. The summed E-state index contributed by atoms with van der Waals surface area (Å²) < 4.78 is 0. The molecule has 0 spiro atoms. The van der Waals surface area contributed by atoms with Crippen molar-refractivity contribution in [2.24, 2.45) is 0 Å². The van der Waals surface area contributed by atoms with E-state index in [1.54, 1.807) is 0 Å². The Morgan fingerprint density at radius 3 is 2.67 bits per heavy atom. The van der Waals surface area contributed by atoms with E-state index < -0.39 is 12.0 Å². The normalized spacial score (nSPS) is 34.0. The van der Waals surface area contributed by atoms with E-state index in [1.807, 2.05) is 4.90 Å². The summed E-state index contributed by atoms with van der Waals surface area (Å²) >= 11 is 0. The summed E-state index contributed by atoms with van der Waals surface area (Å²) in [6.45, 7) is 2.26. The molecule has 0 aromatic heterocycles. The van der Waals surface area contributed by atoms with Gasteiger partial charge in [0.05, 0.1) is 6.54 Å². The van der Waals surface area contributed by atoms with Crippen molar-refractivity contribution in [3.8, 4) is 0 Å². The highest BCUT2D eigenvalue weighted by Gasteiger charge is 2.40. The van der Waals surface area contributed by atoms with Crippen molar-refractivity contribution in [2.45, 2.75) is 6.04 Å². The van der Waals surface area contributed by atoms with E-state index in [1.165, 1.54) is 4.90 Å². The van der Waals surface area contributed by atoms with Gasteiger partial charge in [0.1, 0.15) is 6.04 Å². The van der Waals surface area contributed by atoms with E-state index in [-0.39, 0.29) is 5.91 Å². The number of rotatable bonds is 1. The molecule has 3 rings (SSSR count). The molecule has 2 bridgehead atoms. The zero-order valence-corrected chi connectivity index (χ0v) is 6.56. The summed E-state index contributed by atoms with van der Waals surface area (Å²) in [5.74, 6) is -0.951. The van der Waals surface area contributed by atoms with Crippen LogP contribution in [0.25, 0.3) is 0 Å². The Bertz CT molecular complexity index is 241. The average Bonchev–Trinajstić information content (AvgIpc) is 2.04. The number of carbonyl (C=O) groups is 2. The Labute approximate surface area is 69.6 Å². The molecule has 12 heavy (non-hydrogen) atoms. The van der Waals surface area contributed by atoms with Crippen molar-refractivity contribution >= 4 is 11.9 Å². The van der Waals surface area contributed by atoms with Crippen LogP contribution in [0.3, 0.4) is 0 Å². The number of hydrogen-bond acceptors (Lipinski definition) is 3. The Morgan fingerprint density at radius 2 is 2.25 bits per heavy atom. The van der Waals surface area contributed by atoms with Crippen molar-refractivity contribution in [3.05, 3.63) is 0 Å². The fraction of sp³-hybridized carbons (Fsp3) is 0.714. The molecule has 3 heterocycles. The van der Waals surface area contributed by atoms with Crippen molar-refractivity contribution in [1.82, 2.24) is 9.80 Å². The molecule has 1 amide bonds. The van der Waals surface area contributed by atoms with Gasteiger partial charge in [-0.05, 0) is 0 Å². The van der Waals surface area contributed by atoms with Crippen molar-refractivity contribution in [1.29, 1.82) is 0 Å². The second-order valence-corrected chi connectivity index (χ2v) is 3.18. The zero-order valence-electron chi connectivity index (χ0n) is 6.56. The van der Waals surface area contributed by atoms with Crippen LogP contribution >= 0.6 is 0 Å². The van der Waals surface area contributed by atoms with Crippen LogP contribution < -0.4 is 0 Å². The van der Waals surface area contributed by atoms with Crippen LogP contribution in [0.15, 0.2) is 0 Å². The third-order valence-electron chi connectivity index (χ3n) is 2.43. The lowest BCUT2D eigenvalue weighted by atomic mass is 10.1. The summed E-state index contributed by atoms with van der Waals surface area (Å²) in [5.41, 5.74) is 0. The lowest BCUT2D eigenvalue weighted by Gasteiger charge is -2.44. The van der Waals surface area contributed by atoms with E-state index >= 15 is 0 Å². The minimum absolute atomic E-state index is 0.0556. The molecule has 5 heteroatoms. The Hall–Kier alpha value is -1.10. The van der Waals surface area contributed by atoms with Crippen LogP contribution in [0.5, 0.6) is 0 Å². The summed E-state index contributed by atoms with van der Waals surface area (Å²) in [5, 5.41) is 8.76. The Balaban J connectivity index is 2.19. The van der Waals surface area contributed by atoms with Crippen LogP contribution in [0.2, 0.25) is 0 Å². The lowest BCUT2D eigenvalue weighted by molar-refractivity contribution is -0.161. The maximum Gasteiger partial charge on any atom is 0.327 e. The molecule has 1 N–H and O–H groups in total. The smallest absolute Gasteiger partial charge is 0.327 e. The summed E-state index contributed by atoms with van der Waals surface area (Å²) in [4.78, 5) is 25.2. The number of carboxylic acid groups (broad SMARTS) is 1. The molecule has 0 radical (unpaired) electrons. The van der Waals surface area contributed by atoms with E-state index in [9.17, 15) is 9.59 Å². The predicted molar refractivity (Wildman–Crippen MR) is 39.6 cm³/mol. The molecule has 66 valence electrons. The fourth-order valence-electron chi connectivity index (χ4n) is 1.78. The summed E-state index contributed by atoms with van der Waals surface area (Å²) in [6.07, 6.45) is 0. The van der Waals surface area contributed by atoms with Crippen molar-refractivity contribution in [2.75, 3.05) is 26.2 Å². The molecule has 0 aliphatic carbocycles. The number of carbonyl (C=O) groups excluding carboxylic acids is 1. The second-order valence-electron chi connectivity index (χ2n) is 3.18. The van der Waals surface area contributed by atoms with Crippen LogP contribution in [-0.4, -0.2) is 59.0 Å². The topological polar surface area (TPSA) is 60.9 Å². The predicted octanol–water partition coefficient (Wildman–Crippen LogP) is -1.40. The highest BCUT2D eigenvalue weighted by Crippen LogP contribution is 2.16. The number of nitrogens with zero attached hydrogens (tertiary/aromatic N) is 2. The van der Waals surface area contributed by atoms with Crippen LogP contribution in [0, 0.1) is 0 Å². The highest BCUT2D eigenvalue weighted by molar-refractivity contribution is 5.87. The number of amides is 1. The first-order valence-corrected chi connectivity index (χ1v) is 3.93. The van der Waals surface area contributed by atoms with Crippen LogP contribution in [0.4, 0.5) is 0 Å². The molecule has 3 saturated heterocycles. The number of fused-ring (bicyclic) bond motifs is 3. The maximum atomic E-state index is 11.2. The number of piperazine rings is 3. The molecular formula is C7H10N2O3. The van der Waals surface area contributed by atoms with Gasteiger partial charge in [-0.25, -0.2) is 4.79 Å². The first-order valence-electron chi connectivity index (χ1n) is 3.93. The SMILES string of the molecule is O=C(O)C1CN2CCN1C(=O)C2. The fourth-order valence-corrected chi connectivity index (χ4v) is 1.78. The van der Waals surface area contributed by atoms with Gasteiger partial charge in [0, 0.05) is 19.6 Å². The van der Waals surface area contributed by atoms with Gasteiger partial charge in [-0.1, -0.05) is 0 Å². The van der Waals surface area contributed by atoms with E-state index in [0.29, 0.717) is 19.6 Å².